The third-order valence-corrected chi connectivity index (χ3v) is 5.36. The van der Waals surface area contributed by atoms with Gasteiger partial charge in [-0.3, -0.25) is 4.79 Å². The second kappa shape index (κ2) is 9.21. The number of amides is 1. The van der Waals surface area contributed by atoms with E-state index in [1.165, 1.54) is 0 Å². The fourth-order valence-corrected chi connectivity index (χ4v) is 3.71. The van der Waals surface area contributed by atoms with E-state index in [1.54, 1.807) is 0 Å². The third-order valence-electron chi connectivity index (χ3n) is 5.36. The Morgan fingerprint density at radius 1 is 1.00 bits per heavy atom. The normalized spacial score (nSPS) is 11.9. The van der Waals surface area contributed by atoms with E-state index in [0.29, 0.717) is 52.1 Å². The molecule has 8 heteroatoms. The first kappa shape index (κ1) is 21.4. The highest BCUT2D eigenvalue weighted by Gasteiger charge is 2.11. The van der Waals surface area contributed by atoms with Gasteiger partial charge in [-0.25, -0.2) is 4.99 Å². The molecule has 0 saturated heterocycles. The van der Waals surface area contributed by atoms with Crippen LogP contribution >= 0.6 is 0 Å². The summed E-state index contributed by atoms with van der Waals surface area (Å²) in [6.45, 7) is 0.598. The highest BCUT2D eigenvalue weighted by Crippen LogP contribution is 2.28. The zero-order valence-electron chi connectivity index (χ0n) is 18.5. The van der Waals surface area contributed by atoms with Gasteiger partial charge in [-0.05, 0) is 49.5 Å². The molecule has 34 heavy (non-hydrogen) atoms. The number of hydrogen-bond donors (Lipinski definition) is 3. The summed E-state index contributed by atoms with van der Waals surface area (Å²) in [7, 11) is 1.81. The van der Waals surface area contributed by atoms with Crippen LogP contribution in [0.5, 0.6) is 0 Å². The maximum atomic E-state index is 12.3. The van der Waals surface area contributed by atoms with Crippen LogP contribution in [-0.2, 0) is 4.79 Å². The lowest BCUT2D eigenvalue weighted by molar-refractivity contribution is -0.116. The predicted octanol–water partition coefficient (Wildman–Crippen LogP) is 4.60. The molecular formula is C26H23N5O3. The standard InChI is InChI=1S/C26H23N5O3/c1-28-13-12-25(32)30-19-8-4-3-7-18(19)29-21-15-23(33-22-9-5-2-6-17(21)22)16-10-11-20-24(14-16)34-26(27)31-20/h2-11,14-15,28H,12-13H2,1H3,(H2,27,31)(H,30,32)/b29-21+. The smallest absolute Gasteiger partial charge is 0.292 e. The quantitative estimate of drug-likeness (QED) is 0.346. The maximum absolute atomic E-state index is 12.3. The van der Waals surface area contributed by atoms with E-state index in [1.807, 2.05) is 79.8 Å². The lowest BCUT2D eigenvalue weighted by Crippen LogP contribution is -2.18. The number of carbonyl (C=O) groups excluding carboxylic acids is 1. The molecule has 5 aromatic rings. The number of nitrogens with two attached hydrogens (primary N) is 1. The zero-order chi connectivity index (χ0) is 23.5. The van der Waals surface area contributed by atoms with E-state index >= 15 is 0 Å². The molecule has 8 nitrogen and oxygen atoms in total. The number of para-hydroxylation sites is 3. The van der Waals surface area contributed by atoms with E-state index in [9.17, 15) is 4.79 Å². The fourth-order valence-electron chi connectivity index (χ4n) is 3.71. The summed E-state index contributed by atoms with van der Waals surface area (Å²) in [5, 5.41) is 7.50. The number of rotatable bonds is 6. The van der Waals surface area contributed by atoms with Crippen LogP contribution in [0.2, 0.25) is 0 Å². The van der Waals surface area contributed by atoms with Gasteiger partial charge in [0.1, 0.15) is 16.9 Å². The maximum Gasteiger partial charge on any atom is 0.292 e. The Kier molecular flexibility index (Phi) is 5.80. The van der Waals surface area contributed by atoms with Crippen molar-refractivity contribution < 1.29 is 13.6 Å². The van der Waals surface area contributed by atoms with E-state index in [4.69, 9.17) is 19.6 Å². The van der Waals surface area contributed by atoms with Crippen molar-refractivity contribution in [2.75, 3.05) is 24.6 Å². The van der Waals surface area contributed by atoms with Crippen LogP contribution in [0.1, 0.15) is 6.42 Å². The molecule has 0 atom stereocenters. The van der Waals surface area contributed by atoms with Gasteiger partial charge in [-0.15, -0.1) is 0 Å². The molecule has 0 unspecified atom stereocenters. The Labute approximate surface area is 195 Å². The highest BCUT2D eigenvalue weighted by atomic mass is 16.4. The summed E-state index contributed by atoms with van der Waals surface area (Å²) in [5.41, 5.74) is 9.73. The van der Waals surface area contributed by atoms with E-state index in [0.717, 1.165) is 10.9 Å². The summed E-state index contributed by atoms with van der Waals surface area (Å²) in [6, 6.07) is 22.7. The second-order valence-corrected chi connectivity index (χ2v) is 7.76. The first-order chi connectivity index (χ1) is 16.6. The number of nitrogen functional groups attached to an aromatic ring is 1. The van der Waals surface area contributed by atoms with Gasteiger partial charge in [0, 0.05) is 30.0 Å². The van der Waals surface area contributed by atoms with Crippen molar-refractivity contribution in [3.8, 4) is 11.3 Å². The first-order valence-corrected chi connectivity index (χ1v) is 10.9. The summed E-state index contributed by atoms with van der Waals surface area (Å²) < 4.78 is 11.7. The monoisotopic (exact) mass is 453 g/mol. The largest absolute Gasteiger partial charge is 0.456 e. The van der Waals surface area contributed by atoms with E-state index in [-0.39, 0.29) is 11.9 Å². The number of anilines is 2. The van der Waals surface area contributed by atoms with Crippen molar-refractivity contribution in [2.45, 2.75) is 6.42 Å². The number of benzene rings is 3. The molecule has 1 amide bonds. The molecule has 2 aromatic heterocycles. The van der Waals surface area contributed by atoms with Gasteiger partial charge < -0.3 is 25.2 Å². The molecule has 0 spiro atoms. The van der Waals surface area contributed by atoms with Gasteiger partial charge in [0.2, 0.25) is 5.91 Å². The van der Waals surface area contributed by atoms with Crippen LogP contribution in [-0.4, -0.2) is 24.5 Å². The summed E-state index contributed by atoms with van der Waals surface area (Å²) >= 11 is 0. The Morgan fingerprint density at radius 2 is 1.82 bits per heavy atom. The average molecular weight is 454 g/mol. The number of carbonyl (C=O) groups is 1. The van der Waals surface area contributed by atoms with E-state index in [2.05, 4.69) is 15.6 Å². The van der Waals surface area contributed by atoms with E-state index < -0.39 is 0 Å². The lowest BCUT2D eigenvalue weighted by Gasteiger charge is -2.09. The molecule has 0 bridgehead atoms. The molecule has 0 aliphatic carbocycles. The van der Waals surface area contributed by atoms with Crippen molar-refractivity contribution in [1.29, 1.82) is 0 Å². The van der Waals surface area contributed by atoms with Crippen LogP contribution in [0.25, 0.3) is 33.4 Å². The number of oxazole rings is 1. The second-order valence-electron chi connectivity index (χ2n) is 7.76. The van der Waals surface area contributed by atoms with Crippen LogP contribution in [0.3, 0.4) is 0 Å². The van der Waals surface area contributed by atoms with Crippen molar-refractivity contribution in [2.24, 2.45) is 4.99 Å². The van der Waals surface area contributed by atoms with Crippen LogP contribution in [0.4, 0.5) is 17.4 Å². The number of nitrogens with zero attached hydrogens (tertiary/aromatic N) is 2. The van der Waals surface area contributed by atoms with Gasteiger partial charge in [-0.1, -0.05) is 24.3 Å². The minimum Gasteiger partial charge on any atom is -0.456 e. The first-order valence-electron chi connectivity index (χ1n) is 10.9. The van der Waals surface area contributed by atoms with Gasteiger partial charge in [0.25, 0.3) is 6.01 Å². The molecule has 0 aliphatic heterocycles. The molecule has 3 aromatic carbocycles. The molecular weight excluding hydrogens is 430 g/mol. The molecule has 2 heterocycles. The van der Waals surface area contributed by atoms with Gasteiger partial charge >= 0.3 is 0 Å². The summed E-state index contributed by atoms with van der Waals surface area (Å²) in [5.74, 6) is 0.537. The average Bonchev–Trinajstić information content (AvgIpc) is 3.23. The molecule has 170 valence electrons. The van der Waals surface area contributed by atoms with Crippen LogP contribution in [0.15, 0.2) is 86.6 Å². The summed E-state index contributed by atoms with van der Waals surface area (Å²) in [6.07, 6.45) is 0.372. The zero-order valence-corrected chi connectivity index (χ0v) is 18.5. The van der Waals surface area contributed by atoms with Crippen molar-refractivity contribution in [3.63, 3.8) is 0 Å². The van der Waals surface area contributed by atoms with Crippen LogP contribution < -0.4 is 21.7 Å². The Bertz CT molecular complexity index is 1570. The number of fused-ring (bicyclic) bond motifs is 2. The Morgan fingerprint density at radius 3 is 2.71 bits per heavy atom. The number of nitrogens with one attached hydrogen (secondary N) is 2. The van der Waals surface area contributed by atoms with Crippen LogP contribution in [0, 0.1) is 0 Å². The highest BCUT2D eigenvalue weighted by molar-refractivity contribution is 5.94. The lowest BCUT2D eigenvalue weighted by atomic mass is 10.1. The Hall–Kier alpha value is -4.43. The molecule has 0 saturated carbocycles. The molecule has 0 fully saturated rings. The third kappa shape index (κ3) is 4.39. The van der Waals surface area contributed by atoms with Crippen molar-refractivity contribution in [3.05, 3.63) is 78.2 Å². The SMILES string of the molecule is CNCCC(=O)Nc1ccccc1/N=c1\cc(-c2ccc3nc(N)oc3c2)oc2ccccc12. The fraction of sp³-hybridized carbons (Fsp3) is 0.115. The van der Waals surface area contributed by atoms with Gasteiger partial charge in [0.15, 0.2) is 5.58 Å². The minimum absolute atomic E-state index is 0.0785. The molecule has 5 rings (SSSR count). The minimum atomic E-state index is -0.0785. The number of aromatic nitrogens is 1. The predicted molar refractivity (Wildman–Crippen MR) is 132 cm³/mol. The van der Waals surface area contributed by atoms with Gasteiger partial charge in [0.05, 0.1) is 16.7 Å². The number of hydrogen-bond acceptors (Lipinski definition) is 7. The van der Waals surface area contributed by atoms with Crippen molar-refractivity contribution in [1.82, 2.24) is 10.3 Å². The van der Waals surface area contributed by atoms with Crippen molar-refractivity contribution >= 4 is 45.4 Å². The molecule has 0 radical (unpaired) electrons. The Balaban J connectivity index is 1.63. The topological polar surface area (TPSA) is 119 Å². The molecule has 0 aliphatic rings. The summed E-state index contributed by atoms with van der Waals surface area (Å²) in [4.78, 5) is 21.4. The van der Waals surface area contributed by atoms with Gasteiger partial charge in [-0.2, -0.15) is 4.98 Å². The molecule has 4 N–H and O–H groups in total.